The first-order valence-electron chi connectivity index (χ1n) is 3.10. The van der Waals surface area contributed by atoms with Crippen molar-refractivity contribution >= 4 is 21.4 Å². The van der Waals surface area contributed by atoms with Gasteiger partial charge in [0.05, 0.1) is 4.90 Å². The van der Waals surface area contributed by atoms with Gasteiger partial charge < -0.3 is 0 Å². The van der Waals surface area contributed by atoms with Crippen LogP contribution in [-0.2, 0) is 9.84 Å². The lowest BCUT2D eigenvalue weighted by Gasteiger charge is -1.98. The highest BCUT2D eigenvalue weighted by molar-refractivity contribution is 7.91. The van der Waals surface area contributed by atoms with Crippen LogP contribution in [0.25, 0.3) is 0 Å². The highest BCUT2D eigenvalue weighted by atomic mass is 35.5. The molecule has 0 fully saturated rings. The van der Waals surface area contributed by atoms with Gasteiger partial charge in [-0.05, 0) is 18.2 Å². The quantitative estimate of drug-likeness (QED) is 0.746. The third kappa shape index (κ3) is 1.95. The lowest BCUT2D eigenvalue weighted by molar-refractivity contribution is 0.534. The molecule has 0 bridgehead atoms. The number of halogens is 2. The van der Waals surface area contributed by atoms with Crippen LogP contribution in [0.1, 0.15) is 0 Å². The molecule has 66 valence electrons. The van der Waals surface area contributed by atoms with Crippen molar-refractivity contribution in [3.63, 3.8) is 0 Å². The molecule has 0 radical (unpaired) electrons. The smallest absolute Gasteiger partial charge is 0.207 e. The Kier molecular flexibility index (Phi) is 2.69. The molecule has 0 atom stereocenters. The Morgan fingerprint density at radius 1 is 1.42 bits per heavy atom. The maximum absolute atomic E-state index is 12.0. The van der Waals surface area contributed by atoms with Gasteiger partial charge in [0.2, 0.25) is 9.84 Å². The topological polar surface area (TPSA) is 34.1 Å². The van der Waals surface area contributed by atoms with E-state index in [1.807, 2.05) is 0 Å². The van der Waals surface area contributed by atoms with E-state index in [2.05, 4.69) is 0 Å². The highest BCUT2D eigenvalue weighted by Gasteiger charge is 2.13. The minimum absolute atomic E-state index is 0.0856. The summed E-state index contributed by atoms with van der Waals surface area (Å²) in [4.78, 5) is -0.0856. The molecule has 0 aromatic heterocycles. The third-order valence-electron chi connectivity index (χ3n) is 1.30. The molecule has 0 aliphatic carbocycles. The summed E-state index contributed by atoms with van der Waals surface area (Å²) in [5.41, 5.74) is 0. The van der Waals surface area contributed by atoms with E-state index >= 15 is 0 Å². The zero-order valence-electron chi connectivity index (χ0n) is 6.00. The van der Waals surface area contributed by atoms with Crippen molar-refractivity contribution in [2.24, 2.45) is 0 Å². The van der Waals surface area contributed by atoms with E-state index in [4.69, 9.17) is 11.6 Å². The minimum Gasteiger partial charge on any atom is -0.233 e. The summed E-state index contributed by atoms with van der Waals surface area (Å²) in [5, 5.41) is 0.282. The Hall–Kier alpha value is -0.610. The van der Waals surface area contributed by atoms with Crippen LogP contribution in [0.15, 0.2) is 29.2 Å². The van der Waals surface area contributed by atoms with Crippen molar-refractivity contribution < 1.29 is 12.8 Å². The Morgan fingerprint density at radius 2 is 2.08 bits per heavy atom. The molecule has 0 heterocycles. The normalized spacial score (nSPS) is 11.5. The Labute approximate surface area is 74.9 Å². The van der Waals surface area contributed by atoms with E-state index in [1.54, 1.807) is 0 Å². The SMILES string of the molecule is O=S(=O)(CF)c1cccc(Cl)c1. The van der Waals surface area contributed by atoms with Gasteiger partial charge in [-0.2, -0.15) is 0 Å². The summed E-state index contributed by atoms with van der Waals surface area (Å²) < 4.78 is 33.8. The number of sulfone groups is 1. The van der Waals surface area contributed by atoms with Crippen LogP contribution < -0.4 is 0 Å². The number of alkyl halides is 1. The Morgan fingerprint density at radius 3 is 2.58 bits per heavy atom. The second-order valence-electron chi connectivity index (χ2n) is 2.18. The first-order valence-corrected chi connectivity index (χ1v) is 5.13. The molecule has 2 nitrogen and oxygen atoms in total. The van der Waals surface area contributed by atoms with Crippen molar-refractivity contribution in [1.82, 2.24) is 0 Å². The maximum atomic E-state index is 12.0. The van der Waals surface area contributed by atoms with Crippen molar-refractivity contribution in [1.29, 1.82) is 0 Å². The fraction of sp³-hybridized carbons (Fsp3) is 0.143. The Balaban J connectivity index is 3.21. The maximum Gasteiger partial charge on any atom is 0.207 e. The van der Waals surface area contributed by atoms with Gasteiger partial charge in [0, 0.05) is 5.02 Å². The molecule has 12 heavy (non-hydrogen) atoms. The van der Waals surface area contributed by atoms with Crippen LogP contribution in [0, 0.1) is 0 Å². The standard InChI is InChI=1S/C7H6ClFO2S/c8-6-2-1-3-7(4-6)12(10,11)5-9/h1-4H,5H2. The summed E-state index contributed by atoms with van der Waals surface area (Å²) >= 11 is 5.52. The first-order chi connectivity index (χ1) is 5.56. The fourth-order valence-electron chi connectivity index (χ4n) is 0.723. The van der Waals surface area contributed by atoms with Gasteiger partial charge in [0.15, 0.2) is 6.01 Å². The number of hydrogen-bond acceptors (Lipinski definition) is 2. The zero-order chi connectivity index (χ0) is 9.19. The molecule has 0 saturated carbocycles. The summed E-state index contributed by atoms with van der Waals surface area (Å²) in [6, 6.07) is 4.12. The van der Waals surface area contributed by atoms with E-state index in [0.717, 1.165) is 0 Å². The molecular formula is C7H6ClFO2S. The average molecular weight is 209 g/mol. The van der Waals surface area contributed by atoms with Gasteiger partial charge in [0.25, 0.3) is 0 Å². The van der Waals surface area contributed by atoms with Gasteiger partial charge in [-0.3, -0.25) is 0 Å². The summed E-state index contributed by atoms with van der Waals surface area (Å²) in [7, 11) is -3.77. The minimum atomic E-state index is -3.77. The fourth-order valence-corrected chi connectivity index (χ4v) is 1.70. The molecule has 5 heteroatoms. The number of benzene rings is 1. The second-order valence-corrected chi connectivity index (χ2v) is 4.54. The molecule has 0 saturated heterocycles. The molecule has 1 aromatic rings. The predicted molar refractivity (Wildman–Crippen MR) is 44.6 cm³/mol. The molecule has 1 rings (SSSR count). The average Bonchev–Trinajstić information content (AvgIpc) is 2.05. The van der Waals surface area contributed by atoms with Crippen molar-refractivity contribution in [3.05, 3.63) is 29.3 Å². The number of hydrogen-bond donors (Lipinski definition) is 0. The molecular weight excluding hydrogens is 203 g/mol. The van der Waals surface area contributed by atoms with E-state index in [-0.39, 0.29) is 9.92 Å². The van der Waals surface area contributed by atoms with Crippen LogP contribution >= 0.6 is 11.6 Å². The van der Waals surface area contributed by atoms with Crippen molar-refractivity contribution in [3.8, 4) is 0 Å². The molecule has 0 spiro atoms. The van der Waals surface area contributed by atoms with Gasteiger partial charge in [0.1, 0.15) is 0 Å². The van der Waals surface area contributed by atoms with Crippen molar-refractivity contribution in [2.75, 3.05) is 6.01 Å². The van der Waals surface area contributed by atoms with Crippen LogP contribution in [-0.4, -0.2) is 14.4 Å². The Bertz CT molecular complexity index is 375. The monoisotopic (exact) mass is 208 g/mol. The second kappa shape index (κ2) is 3.41. The van der Waals surface area contributed by atoms with E-state index < -0.39 is 15.8 Å². The van der Waals surface area contributed by atoms with Crippen molar-refractivity contribution in [2.45, 2.75) is 4.90 Å². The molecule has 0 aliphatic rings. The molecule has 0 N–H and O–H groups in total. The van der Waals surface area contributed by atoms with E-state index in [1.165, 1.54) is 24.3 Å². The molecule has 0 aliphatic heterocycles. The van der Waals surface area contributed by atoms with Gasteiger partial charge in [-0.25, -0.2) is 12.8 Å². The van der Waals surface area contributed by atoms with Crippen LogP contribution in [0.4, 0.5) is 4.39 Å². The first kappa shape index (κ1) is 9.48. The lowest BCUT2D eigenvalue weighted by Crippen LogP contribution is -2.01. The van der Waals surface area contributed by atoms with Crippen LogP contribution in [0.5, 0.6) is 0 Å². The van der Waals surface area contributed by atoms with Gasteiger partial charge >= 0.3 is 0 Å². The summed E-state index contributed by atoms with van der Waals surface area (Å²) in [5.74, 6) is 0. The molecule has 1 aromatic carbocycles. The predicted octanol–water partition coefficient (Wildman–Crippen LogP) is 2.04. The summed E-state index contributed by atoms with van der Waals surface area (Å²) in [6.07, 6.45) is 0. The zero-order valence-corrected chi connectivity index (χ0v) is 7.57. The van der Waals surface area contributed by atoms with Crippen LogP contribution in [0.2, 0.25) is 5.02 Å². The van der Waals surface area contributed by atoms with Gasteiger partial charge in [-0.15, -0.1) is 0 Å². The largest absolute Gasteiger partial charge is 0.233 e. The van der Waals surface area contributed by atoms with Gasteiger partial charge in [-0.1, -0.05) is 17.7 Å². The number of rotatable bonds is 2. The summed E-state index contributed by atoms with van der Waals surface area (Å²) in [6.45, 7) is 0. The lowest BCUT2D eigenvalue weighted by atomic mass is 10.4. The molecule has 0 unspecified atom stereocenters. The van der Waals surface area contributed by atoms with Crippen LogP contribution in [0.3, 0.4) is 0 Å². The van der Waals surface area contributed by atoms with E-state index in [0.29, 0.717) is 0 Å². The molecule has 0 amide bonds. The highest BCUT2D eigenvalue weighted by Crippen LogP contribution is 2.16. The third-order valence-corrected chi connectivity index (χ3v) is 2.79. The van der Waals surface area contributed by atoms with E-state index in [9.17, 15) is 12.8 Å².